The highest BCUT2D eigenvalue weighted by molar-refractivity contribution is 7.11. The molecular weight excluding hydrogens is 220 g/mol. The second kappa shape index (κ2) is 5.25. The first kappa shape index (κ1) is 12.0. The maximum absolute atomic E-state index is 9.47. The van der Waals surface area contributed by atoms with Gasteiger partial charge in [-0.3, -0.25) is 0 Å². The number of aliphatic hydroxyl groups is 1. The van der Waals surface area contributed by atoms with Crippen molar-refractivity contribution in [2.75, 3.05) is 6.61 Å². The Morgan fingerprint density at radius 3 is 2.81 bits per heavy atom. The van der Waals surface area contributed by atoms with Gasteiger partial charge in [-0.2, -0.15) is 0 Å². The fourth-order valence-corrected chi connectivity index (χ4v) is 3.11. The van der Waals surface area contributed by atoms with Gasteiger partial charge in [0.2, 0.25) is 0 Å². The first-order chi connectivity index (χ1) is 7.78. The van der Waals surface area contributed by atoms with Crippen molar-refractivity contribution in [1.82, 2.24) is 10.3 Å². The van der Waals surface area contributed by atoms with Crippen LogP contribution in [-0.2, 0) is 13.0 Å². The molecule has 0 aromatic carbocycles. The lowest BCUT2D eigenvalue weighted by Crippen LogP contribution is -2.45. The molecule has 1 saturated carbocycles. The summed E-state index contributed by atoms with van der Waals surface area (Å²) in [5, 5.41) is 14.2. The monoisotopic (exact) mass is 240 g/mol. The summed E-state index contributed by atoms with van der Waals surface area (Å²) in [6, 6.07) is 0. The number of rotatable bonds is 5. The Hall–Kier alpha value is -0.450. The number of aryl methyl sites for hydroxylation is 1. The molecular formula is C12H20N2OS. The molecule has 4 heteroatoms. The van der Waals surface area contributed by atoms with E-state index in [1.807, 2.05) is 6.20 Å². The zero-order chi connectivity index (χ0) is 11.4. The van der Waals surface area contributed by atoms with E-state index in [4.69, 9.17) is 0 Å². The summed E-state index contributed by atoms with van der Waals surface area (Å²) in [4.78, 5) is 5.62. The van der Waals surface area contributed by atoms with Gasteiger partial charge in [0.05, 0.1) is 11.6 Å². The Labute approximate surface area is 101 Å². The molecule has 0 atom stereocenters. The highest BCUT2D eigenvalue weighted by Gasteiger charge is 2.32. The van der Waals surface area contributed by atoms with E-state index >= 15 is 0 Å². The van der Waals surface area contributed by atoms with E-state index in [0.717, 1.165) is 25.8 Å². The zero-order valence-corrected chi connectivity index (χ0v) is 10.6. The van der Waals surface area contributed by atoms with Gasteiger partial charge in [-0.05, 0) is 19.3 Å². The summed E-state index contributed by atoms with van der Waals surface area (Å²) >= 11 is 1.77. The van der Waals surface area contributed by atoms with Gasteiger partial charge >= 0.3 is 0 Å². The second-order valence-electron chi connectivity index (χ2n) is 4.57. The van der Waals surface area contributed by atoms with Crippen LogP contribution in [0.3, 0.4) is 0 Å². The molecule has 1 aliphatic carbocycles. The fraction of sp³-hybridized carbons (Fsp3) is 0.750. The summed E-state index contributed by atoms with van der Waals surface area (Å²) in [6.45, 7) is 3.23. The van der Waals surface area contributed by atoms with E-state index in [9.17, 15) is 5.11 Å². The van der Waals surface area contributed by atoms with Crippen LogP contribution in [0.2, 0.25) is 0 Å². The van der Waals surface area contributed by atoms with Crippen molar-refractivity contribution in [2.24, 2.45) is 0 Å². The van der Waals surface area contributed by atoms with E-state index in [2.05, 4.69) is 17.2 Å². The van der Waals surface area contributed by atoms with Crippen LogP contribution in [-0.4, -0.2) is 22.2 Å². The normalized spacial score (nSPS) is 19.1. The Morgan fingerprint density at radius 1 is 1.50 bits per heavy atom. The van der Waals surface area contributed by atoms with Gasteiger partial charge in [0.25, 0.3) is 0 Å². The maximum atomic E-state index is 9.47. The van der Waals surface area contributed by atoms with Crippen LogP contribution >= 0.6 is 11.3 Å². The highest BCUT2D eigenvalue weighted by atomic mass is 32.1. The molecule has 2 rings (SSSR count). The predicted molar refractivity (Wildman–Crippen MR) is 66.6 cm³/mol. The third kappa shape index (κ3) is 2.62. The van der Waals surface area contributed by atoms with Gasteiger partial charge in [-0.25, -0.2) is 4.98 Å². The molecule has 16 heavy (non-hydrogen) atoms. The molecule has 0 amide bonds. The van der Waals surface area contributed by atoms with E-state index in [1.165, 1.54) is 22.7 Å². The Kier molecular flexibility index (Phi) is 3.95. The summed E-state index contributed by atoms with van der Waals surface area (Å²) in [5.41, 5.74) is -0.0175. The summed E-state index contributed by atoms with van der Waals surface area (Å²) in [6.07, 6.45) is 7.63. The fourth-order valence-electron chi connectivity index (χ4n) is 2.31. The number of nitrogens with one attached hydrogen (secondary N) is 1. The standard InChI is InChI=1S/C12H20N2OS/c1-2-11-13-7-10(16-11)8-14-12(9-15)5-3-4-6-12/h7,14-15H,2-6,8-9H2,1H3. The smallest absolute Gasteiger partial charge is 0.0925 e. The van der Waals surface area contributed by atoms with Crippen LogP contribution in [0.15, 0.2) is 6.20 Å². The maximum Gasteiger partial charge on any atom is 0.0925 e. The number of nitrogens with zero attached hydrogens (tertiary/aromatic N) is 1. The average Bonchev–Trinajstić information content (AvgIpc) is 2.96. The molecule has 0 radical (unpaired) electrons. The van der Waals surface area contributed by atoms with Crippen LogP contribution in [0.4, 0.5) is 0 Å². The molecule has 1 aromatic heterocycles. The third-order valence-electron chi connectivity index (χ3n) is 3.40. The molecule has 0 unspecified atom stereocenters. The molecule has 1 heterocycles. The van der Waals surface area contributed by atoms with Crippen molar-refractivity contribution < 1.29 is 5.11 Å². The zero-order valence-electron chi connectivity index (χ0n) is 9.83. The van der Waals surface area contributed by atoms with E-state index < -0.39 is 0 Å². The van der Waals surface area contributed by atoms with Crippen molar-refractivity contribution in [3.63, 3.8) is 0 Å². The van der Waals surface area contributed by atoms with Gasteiger partial charge in [-0.1, -0.05) is 19.8 Å². The molecule has 1 aliphatic rings. The summed E-state index contributed by atoms with van der Waals surface area (Å²) in [7, 11) is 0. The number of thiazole rings is 1. The van der Waals surface area contributed by atoms with Crippen molar-refractivity contribution >= 4 is 11.3 Å². The lowest BCUT2D eigenvalue weighted by Gasteiger charge is -2.27. The molecule has 3 nitrogen and oxygen atoms in total. The lowest BCUT2D eigenvalue weighted by molar-refractivity contribution is 0.163. The minimum absolute atomic E-state index is 0.0175. The van der Waals surface area contributed by atoms with Crippen LogP contribution in [0.25, 0.3) is 0 Å². The SMILES string of the molecule is CCc1ncc(CNC2(CO)CCCC2)s1. The van der Waals surface area contributed by atoms with Gasteiger partial charge in [0.15, 0.2) is 0 Å². The van der Waals surface area contributed by atoms with Gasteiger partial charge in [0, 0.05) is 23.2 Å². The second-order valence-corrected chi connectivity index (χ2v) is 5.77. The first-order valence-corrected chi connectivity index (χ1v) is 6.89. The highest BCUT2D eigenvalue weighted by Crippen LogP contribution is 2.29. The van der Waals surface area contributed by atoms with Crippen molar-refractivity contribution in [2.45, 2.75) is 51.1 Å². The largest absolute Gasteiger partial charge is 0.394 e. The predicted octanol–water partition coefficient (Wildman–Crippen LogP) is 2.10. The number of hydrogen-bond acceptors (Lipinski definition) is 4. The number of hydrogen-bond donors (Lipinski definition) is 2. The lowest BCUT2D eigenvalue weighted by atomic mass is 9.99. The molecule has 0 spiro atoms. The minimum Gasteiger partial charge on any atom is -0.394 e. The molecule has 0 aliphatic heterocycles. The van der Waals surface area contributed by atoms with Gasteiger partial charge < -0.3 is 10.4 Å². The Balaban J connectivity index is 1.90. The van der Waals surface area contributed by atoms with Crippen LogP contribution in [0.1, 0.15) is 42.5 Å². The summed E-state index contributed by atoms with van der Waals surface area (Å²) < 4.78 is 0. The van der Waals surface area contributed by atoms with Gasteiger partial charge in [-0.15, -0.1) is 11.3 Å². The number of aromatic nitrogens is 1. The van der Waals surface area contributed by atoms with Crippen molar-refractivity contribution in [3.8, 4) is 0 Å². The molecule has 0 bridgehead atoms. The van der Waals surface area contributed by atoms with Gasteiger partial charge in [0.1, 0.15) is 0 Å². The topological polar surface area (TPSA) is 45.2 Å². The Morgan fingerprint density at radius 2 is 2.25 bits per heavy atom. The first-order valence-electron chi connectivity index (χ1n) is 6.07. The van der Waals surface area contributed by atoms with E-state index in [0.29, 0.717) is 0 Å². The van der Waals surface area contributed by atoms with Crippen LogP contribution in [0, 0.1) is 0 Å². The molecule has 90 valence electrons. The Bertz CT molecular complexity index is 332. The van der Waals surface area contributed by atoms with Crippen molar-refractivity contribution in [3.05, 3.63) is 16.1 Å². The number of aliphatic hydroxyl groups excluding tert-OH is 1. The average molecular weight is 240 g/mol. The van der Waals surface area contributed by atoms with Crippen LogP contribution < -0.4 is 5.32 Å². The van der Waals surface area contributed by atoms with E-state index in [1.54, 1.807) is 11.3 Å². The molecule has 1 fully saturated rings. The van der Waals surface area contributed by atoms with Crippen molar-refractivity contribution in [1.29, 1.82) is 0 Å². The quantitative estimate of drug-likeness (QED) is 0.828. The summed E-state index contributed by atoms with van der Waals surface area (Å²) in [5.74, 6) is 0. The molecule has 0 saturated heterocycles. The minimum atomic E-state index is -0.0175. The third-order valence-corrected chi connectivity index (χ3v) is 4.55. The van der Waals surface area contributed by atoms with E-state index in [-0.39, 0.29) is 12.1 Å². The molecule has 2 N–H and O–H groups in total. The van der Waals surface area contributed by atoms with Crippen LogP contribution in [0.5, 0.6) is 0 Å². The molecule has 1 aromatic rings.